The normalized spacial score (nSPS) is 22.9. The fourth-order valence-corrected chi connectivity index (χ4v) is 2.74. The molecule has 0 aromatic carbocycles. The molecule has 0 saturated heterocycles. The predicted molar refractivity (Wildman–Crippen MR) is 82.0 cm³/mol. The lowest BCUT2D eigenvalue weighted by Crippen LogP contribution is -2.41. The van der Waals surface area contributed by atoms with E-state index in [-0.39, 0.29) is 12.1 Å². The molecule has 0 aliphatic heterocycles. The Morgan fingerprint density at radius 2 is 2.00 bits per heavy atom. The second kappa shape index (κ2) is 5.95. The third kappa shape index (κ3) is 4.12. The lowest BCUT2D eigenvalue weighted by atomic mass is 9.91. The van der Waals surface area contributed by atoms with Crippen LogP contribution < -0.4 is 11.1 Å². The van der Waals surface area contributed by atoms with Gasteiger partial charge in [0.25, 0.3) is 0 Å². The summed E-state index contributed by atoms with van der Waals surface area (Å²) in [6.07, 6.45) is 5.22. The molecule has 1 aliphatic rings. The van der Waals surface area contributed by atoms with Gasteiger partial charge in [-0.2, -0.15) is 5.10 Å². The van der Waals surface area contributed by atoms with Crippen LogP contribution in [0.25, 0.3) is 0 Å². The van der Waals surface area contributed by atoms with Crippen LogP contribution in [0.1, 0.15) is 58.2 Å². The molecule has 6 heteroatoms. The van der Waals surface area contributed by atoms with E-state index in [0.717, 1.165) is 37.1 Å². The number of alkyl carbamates (subject to hydrolysis) is 1. The number of nitrogens with zero attached hydrogens (tertiary/aromatic N) is 2. The zero-order chi connectivity index (χ0) is 15.6. The molecule has 0 atom stereocenters. The summed E-state index contributed by atoms with van der Waals surface area (Å²) in [4.78, 5) is 11.8. The number of hydrogen-bond donors (Lipinski definition) is 2. The SMILES string of the molecule is Cc1c(N)cnn1[C@H]1CC[C@@H](NC(=O)OC(C)(C)C)CC1. The first-order valence-electron chi connectivity index (χ1n) is 7.55. The monoisotopic (exact) mass is 294 g/mol. The molecule has 1 amide bonds. The number of ether oxygens (including phenoxy) is 1. The van der Waals surface area contributed by atoms with Gasteiger partial charge in [0.05, 0.1) is 23.6 Å². The van der Waals surface area contributed by atoms with Crippen LogP contribution in [0.4, 0.5) is 10.5 Å². The molecule has 0 radical (unpaired) electrons. The number of hydrogen-bond acceptors (Lipinski definition) is 4. The van der Waals surface area contributed by atoms with E-state index in [1.165, 1.54) is 0 Å². The van der Waals surface area contributed by atoms with Crippen LogP contribution in [-0.4, -0.2) is 27.5 Å². The molecule has 1 saturated carbocycles. The first kappa shape index (κ1) is 15.7. The first-order valence-corrected chi connectivity index (χ1v) is 7.55. The standard InChI is InChI=1S/C15H26N4O2/c1-10-13(16)9-17-19(10)12-7-5-11(6-8-12)18-14(20)21-15(2,3)4/h9,11-12H,5-8,16H2,1-4H3,(H,18,20)/t11-,12+. The zero-order valence-corrected chi connectivity index (χ0v) is 13.3. The summed E-state index contributed by atoms with van der Waals surface area (Å²) in [6.45, 7) is 7.60. The smallest absolute Gasteiger partial charge is 0.407 e. The number of aromatic nitrogens is 2. The van der Waals surface area contributed by atoms with Crippen LogP contribution in [0.2, 0.25) is 0 Å². The summed E-state index contributed by atoms with van der Waals surface area (Å²) in [7, 11) is 0. The Hall–Kier alpha value is -1.72. The van der Waals surface area contributed by atoms with Gasteiger partial charge in [-0.15, -0.1) is 0 Å². The largest absolute Gasteiger partial charge is 0.444 e. The molecule has 3 N–H and O–H groups in total. The third-order valence-electron chi connectivity index (χ3n) is 3.85. The van der Waals surface area contributed by atoms with Crippen molar-refractivity contribution < 1.29 is 9.53 Å². The van der Waals surface area contributed by atoms with Crippen molar-refractivity contribution in [3.05, 3.63) is 11.9 Å². The van der Waals surface area contributed by atoms with E-state index in [1.807, 2.05) is 32.4 Å². The van der Waals surface area contributed by atoms with Crippen LogP contribution in [0.15, 0.2) is 6.20 Å². The van der Waals surface area contributed by atoms with Crippen molar-refractivity contribution in [2.45, 2.75) is 71.1 Å². The van der Waals surface area contributed by atoms with E-state index in [0.29, 0.717) is 6.04 Å². The first-order chi connectivity index (χ1) is 9.76. The van der Waals surface area contributed by atoms with E-state index in [1.54, 1.807) is 6.20 Å². The highest BCUT2D eigenvalue weighted by Crippen LogP contribution is 2.30. The van der Waals surface area contributed by atoms with Gasteiger partial charge in [-0.05, 0) is 53.4 Å². The molecule has 1 aromatic rings. The molecule has 6 nitrogen and oxygen atoms in total. The molecular formula is C15H26N4O2. The Labute approximate surface area is 126 Å². The molecule has 0 bridgehead atoms. The Morgan fingerprint density at radius 3 is 2.48 bits per heavy atom. The van der Waals surface area contributed by atoms with E-state index >= 15 is 0 Å². The van der Waals surface area contributed by atoms with E-state index in [2.05, 4.69) is 10.4 Å². The van der Waals surface area contributed by atoms with Crippen LogP contribution in [0.3, 0.4) is 0 Å². The number of amides is 1. The molecular weight excluding hydrogens is 268 g/mol. The lowest BCUT2D eigenvalue weighted by Gasteiger charge is -2.30. The van der Waals surface area contributed by atoms with Gasteiger partial charge in [-0.25, -0.2) is 4.79 Å². The molecule has 118 valence electrons. The van der Waals surface area contributed by atoms with Crippen molar-refractivity contribution in [2.24, 2.45) is 0 Å². The number of nitrogens with two attached hydrogens (primary N) is 1. The minimum atomic E-state index is -0.453. The van der Waals surface area contributed by atoms with Gasteiger partial charge in [0.1, 0.15) is 5.60 Å². The maximum absolute atomic E-state index is 11.8. The summed E-state index contributed by atoms with van der Waals surface area (Å²) < 4.78 is 7.30. The molecule has 1 aliphatic carbocycles. The maximum atomic E-state index is 11.8. The highest BCUT2D eigenvalue weighted by molar-refractivity contribution is 5.68. The minimum absolute atomic E-state index is 0.185. The van der Waals surface area contributed by atoms with E-state index in [4.69, 9.17) is 10.5 Å². The summed E-state index contributed by atoms with van der Waals surface area (Å²) in [5.41, 5.74) is 7.16. The Kier molecular flexibility index (Phi) is 4.44. The summed E-state index contributed by atoms with van der Waals surface area (Å²) >= 11 is 0. The number of rotatable bonds is 2. The molecule has 0 unspecified atom stereocenters. The summed E-state index contributed by atoms with van der Waals surface area (Å²) in [6, 6.07) is 0.559. The van der Waals surface area contributed by atoms with Gasteiger partial charge in [0.2, 0.25) is 0 Å². The second-order valence-corrected chi connectivity index (χ2v) is 6.78. The van der Waals surface area contributed by atoms with Gasteiger partial charge < -0.3 is 15.8 Å². The number of nitrogen functional groups attached to an aromatic ring is 1. The van der Waals surface area contributed by atoms with Crippen LogP contribution in [0.5, 0.6) is 0 Å². The quantitative estimate of drug-likeness (QED) is 0.878. The number of carbonyl (C=O) groups is 1. The molecule has 21 heavy (non-hydrogen) atoms. The van der Waals surface area contributed by atoms with Crippen LogP contribution in [0, 0.1) is 6.92 Å². The van der Waals surface area contributed by atoms with E-state index < -0.39 is 5.60 Å². The third-order valence-corrected chi connectivity index (χ3v) is 3.85. The zero-order valence-electron chi connectivity index (χ0n) is 13.3. The average molecular weight is 294 g/mol. The molecule has 1 fully saturated rings. The van der Waals surface area contributed by atoms with Crippen molar-refractivity contribution in [3.8, 4) is 0 Å². The predicted octanol–water partition coefficient (Wildman–Crippen LogP) is 2.78. The van der Waals surface area contributed by atoms with Gasteiger partial charge >= 0.3 is 6.09 Å². The fourth-order valence-electron chi connectivity index (χ4n) is 2.74. The topological polar surface area (TPSA) is 82.2 Å². The number of carbonyl (C=O) groups excluding carboxylic acids is 1. The highest BCUT2D eigenvalue weighted by atomic mass is 16.6. The van der Waals surface area contributed by atoms with Gasteiger partial charge in [0, 0.05) is 6.04 Å². The van der Waals surface area contributed by atoms with Gasteiger partial charge in [-0.1, -0.05) is 0 Å². The minimum Gasteiger partial charge on any atom is -0.444 e. The van der Waals surface area contributed by atoms with Crippen molar-refractivity contribution in [1.29, 1.82) is 0 Å². The summed E-state index contributed by atoms with van der Waals surface area (Å²) in [5.74, 6) is 0. The number of nitrogens with one attached hydrogen (secondary N) is 1. The van der Waals surface area contributed by atoms with Crippen LogP contribution >= 0.6 is 0 Å². The molecule has 2 rings (SSSR count). The van der Waals surface area contributed by atoms with Gasteiger partial charge in [0.15, 0.2) is 0 Å². The van der Waals surface area contributed by atoms with Crippen molar-refractivity contribution in [2.75, 3.05) is 5.73 Å². The molecule has 1 heterocycles. The number of anilines is 1. The summed E-state index contributed by atoms with van der Waals surface area (Å²) in [5, 5.41) is 7.30. The van der Waals surface area contributed by atoms with Crippen molar-refractivity contribution in [1.82, 2.24) is 15.1 Å². The van der Waals surface area contributed by atoms with Crippen LogP contribution in [-0.2, 0) is 4.74 Å². The molecule has 0 spiro atoms. The Bertz CT molecular complexity index is 496. The lowest BCUT2D eigenvalue weighted by molar-refractivity contribution is 0.0487. The highest BCUT2D eigenvalue weighted by Gasteiger charge is 2.26. The Morgan fingerprint density at radius 1 is 1.38 bits per heavy atom. The Balaban J connectivity index is 1.83. The van der Waals surface area contributed by atoms with Crippen molar-refractivity contribution in [3.63, 3.8) is 0 Å². The van der Waals surface area contributed by atoms with Crippen molar-refractivity contribution >= 4 is 11.8 Å². The fraction of sp³-hybridized carbons (Fsp3) is 0.733. The maximum Gasteiger partial charge on any atom is 0.407 e. The average Bonchev–Trinajstić information content (AvgIpc) is 2.69. The van der Waals surface area contributed by atoms with E-state index in [9.17, 15) is 4.79 Å². The second-order valence-electron chi connectivity index (χ2n) is 6.78. The molecule has 1 aromatic heterocycles. The van der Waals surface area contributed by atoms with Gasteiger partial charge in [-0.3, -0.25) is 4.68 Å².